The van der Waals surface area contributed by atoms with Crippen LogP contribution in [0.15, 0.2) is 6.20 Å². The number of hydrogen-bond donors (Lipinski definition) is 2. The van der Waals surface area contributed by atoms with Crippen LogP contribution in [0.1, 0.15) is 36.8 Å². The number of aliphatic hydroxyl groups is 1. The molecule has 1 aromatic rings. The van der Waals surface area contributed by atoms with Gasteiger partial charge < -0.3 is 10.2 Å². The van der Waals surface area contributed by atoms with Crippen molar-refractivity contribution in [1.29, 1.82) is 0 Å². The van der Waals surface area contributed by atoms with E-state index in [1.165, 1.54) is 6.20 Å². The molecule has 7 nitrogen and oxygen atoms in total. The van der Waals surface area contributed by atoms with Gasteiger partial charge in [-0.25, -0.2) is 4.79 Å². The highest BCUT2D eigenvalue weighted by molar-refractivity contribution is 5.88. The summed E-state index contributed by atoms with van der Waals surface area (Å²) in [6.45, 7) is 11.1. The highest BCUT2D eigenvalue weighted by Gasteiger charge is 2.26. The molecule has 7 heteroatoms. The lowest BCUT2D eigenvalue weighted by molar-refractivity contribution is 0.0690. The molecule has 1 aliphatic heterocycles. The van der Waals surface area contributed by atoms with E-state index in [0.717, 1.165) is 31.9 Å². The minimum Gasteiger partial charge on any atom is -0.478 e. The number of carboxylic acids is 1. The number of carbonyl (C=O) groups is 1. The lowest BCUT2D eigenvalue weighted by Crippen LogP contribution is -2.47. The number of rotatable bonds is 5. The zero-order valence-corrected chi connectivity index (χ0v) is 13.6. The van der Waals surface area contributed by atoms with E-state index >= 15 is 0 Å². The van der Waals surface area contributed by atoms with Crippen LogP contribution in [0.3, 0.4) is 0 Å². The average Bonchev–Trinajstić information content (AvgIpc) is 2.85. The normalized spacial score (nSPS) is 17.8. The molecule has 0 bridgehead atoms. The summed E-state index contributed by atoms with van der Waals surface area (Å²) in [5.41, 5.74) is 0.796. The fourth-order valence-corrected chi connectivity index (χ4v) is 2.81. The Balaban J connectivity index is 2.12. The first kappa shape index (κ1) is 16.9. The van der Waals surface area contributed by atoms with Crippen LogP contribution < -0.4 is 0 Å². The molecular formula is C15H26N4O3. The zero-order chi connectivity index (χ0) is 16.3. The predicted molar refractivity (Wildman–Crippen MR) is 83.0 cm³/mol. The van der Waals surface area contributed by atoms with Crippen LogP contribution in [0, 0.1) is 0 Å². The highest BCUT2D eigenvalue weighted by Crippen LogP contribution is 2.21. The van der Waals surface area contributed by atoms with Gasteiger partial charge in [-0.15, -0.1) is 0 Å². The van der Waals surface area contributed by atoms with Gasteiger partial charge in [-0.3, -0.25) is 14.5 Å². The van der Waals surface area contributed by atoms with Crippen LogP contribution in [0.2, 0.25) is 0 Å². The summed E-state index contributed by atoms with van der Waals surface area (Å²) in [6, 6.07) is 0. The van der Waals surface area contributed by atoms with Crippen molar-refractivity contribution in [3.05, 3.63) is 17.5 Å². The van der Waals surface area contributed by atoms with E-state index < -0.39 is 5.97 Å². The van der Waals surface area contributed by atoms with E-state index in [1.54, 1.807) is 0 Å². The number of aromatic nitrogens is 2. The summed E-state index contributed by atoms with van der Waals surface area (Å²) < 4.78 is 1.82. The molecule has 0 spiro atoms. The first-order valence-corrected chi connectivity index (χ1v) is 7.69. The van der Waals surface area contributed by atoms with Crippen molar-refractivity contribution in [2.24, 2.45) is 0 Å². The van der Waals surface area contributed by atoms with Gasteiger partial charge in [-0.1, -0.05) is 0 Å². The molecule has 0 saturated carbocycles. The highest BCUT2D eigenvalue weighted by atomic mass is 16.4. The molecule has 1 fully saturated rings. The second kappa shape index (κ2) is 6.76. The Morgan fingerprint density at radius 2 is 1.82 bits per heavy atom. The van der Waals surface area contributed by atoms with Gasteiger partial charge in [-0.2, -0.15) is 5.10 Å². The molecule has 0 unspecified atom stereocenters. The van der Waals surface area contributed by atoms with Crippen LogP contribution in [0.5, 0.6) is 0 Å². The topological polar surface area (TPSA) is 81.8 Å². The smallest absolute Gasteiger partial charge is 0.339 e. The number of aliphatic hydroxyl groups excluding tert-OH is 1. The van der Waals surface area contributed by atoms with E-state index in [4.69, 9.17) is 5.11 Å². The van der Waals surface area contributed by atoms with Crippen molar-refractivity contribution in [1.82, 2.24) is 19.6 Å². The lowest BCUT2D eigenvalue weighted by atomic mass is 10.1. The standard InChI is InChI=1S/C15H26N4O3/c1-15(2,3)19-13(12(10-16-19)14(21)22)11-18-6-4-17(5-7-18)8-9-20/h10,20H,4-9,11H2,1-3H3,(H,21,22). The van der Waals surface area contributed by atoms with Crippen LogP contribution in [-0.2, 0) is 12.1 Å². The van der Waals surface area contributed by atoms with Crippen molar-refractivity contribution in [2.45, 2.75) is 32.9 Å². The molecular weight excluding hydrogens is 284 g/mol. The molecule has 0 aromatic carbocycles. The van der Waals surface area contributed by atoms with Gasteiger partial charge in [0.1, 0.15) is 5.56 Å². The van der Waals surface area contributed by atoms with Crippen LogP contribution in [-0.4, -0.2) is 75.1 Å². The number of aromatic carboxylic acids is 1. The van der Waals surface area contributed by atoms with Crippen LogP contribution in [0.25, 0.3) is 0 Å². The Bertz CT molecular complexity index is 513. The van der Waals surface area contributed by atoms with E-state index in [-0.39, 0.29) is 17.7 Å². The molecule has 2 heterocycles. The largest absolute Gasteiger partial charge is 0.478 e. The van der Waals surface area contributed by atoms with Crippen molar-refractivity contribution >= 4 is 5.97 Å². The third kappa shape index (κ3) is 3.85. The van der Waals surface area contributed by atoms with Crippen LogP contribution >= 0.6 is 0 Å². The fraction of sp³-hybridized carbons (Fsp3) is 0.733. The average molecular weight is 310 g/mol. The number of β-amino-alcohol motifs (C(OH)–C–C–N with tert-alkyl or cyclic N) is 1. The number of nitrogens with zero attached hydrogens (tertiary/aromatic N) is 4. The van der Waals surface area contributed by atoms with Gasteiger partial charge in [0.25, 0.3) is 0 Å². The molecule has 124 valence electrons. The van der Waals surface area contributed by atoms with Crippen molar-refractivity contribution in [3.63, 3.8) is 0 Å². The second-order valence-corrected chi connectivity index (χ2v) is 6.73. The maximum Gasteiger partial charge on any atom is 0.339 e. The van der Waals surface area contributed by atoms with E-state index in [9.17, 15) is 9.90 Å². The molecule has 0 amide bonds. The quantitative estimate of drug-likeness (QED) is 0.821. The number of piperazine rings is 1. The Morgan fingerprint density at radius 3 is 2.32 bits per heavy atom. The molecule has 2 N–H and O–H groups in total. The number of hydrogen-bond acceptors (Lipinski definition) is 5. The SMILES string of the molecule is CC(C)(C)n1ncc(C(=O)O)c1CN1CCN(CCO)CC1. The van der Waals surface area contributed by atoms with Crippen LogP contribution in [0.4, 0.5) is 0 Å². The molecule has 1 aliphatic rings. The van der Waals surface area contributed by atoms with Gasteiger partial charge in [0.15, 0.2) is 0 Å². The van der Waals surface area contributed by atoms with E-state index in [1.807, 2.05) is 25.5 Å². The maximum atomic E-state index is 11.4. The Morgan fingerprint density at radius 1 is 1.23 bits per heavy atom. The minimum absolute atomic E-state index is 0.181. The van der Waals surface area contributed by atoms with E-state index in [2.05, 4.69) is 14.9 Å². The molecule has 0 atom stereocenters. The molecule has 1 aromatic heterocycles. The third-order valence-corrected chi connectivity index (χ3v) is 3.99. The fourth-order valence-electron chi connectivity index (χ4n) is 2.81. The zero-order valence-electron chi connectivity index (χ0n) is 13.6. The molecule has 22 heavy (non-hydrogen) atoms. The third-order valence-electron chi connectivity index (χ3n) is 3.99. The van der Waals surface area contributed by atoms with Gasteiger partial charge in [0, 0.05) is 39.3 Å². The Kier molecular flexibility index (Phi) is 5.20. The summed E-state index contributed by atoms with van der Waals surface area (Å²) >= 11 is 0. The summed E-state index contributed by atoms with van der Waals surface area (Å²) in [5, 5.41) is 22.6. The summed E-state index contributed by atoms with van der Waals surface area (Å²) in [6.07, 6.45) is 1.45. The predicted octanol–water partition coefficient (Wildman–Crippen LogP) is 0.446. The molecule has 0 radical (unpaired) electrons. The van der Waals surface area contributed by atoms with E-state index in [0.29, 0.717) is 13.1 Å². The summed E-state index contributed by atoms with van der Waals surface area (Å²) in [5.74, 6) is -0.926. The second-order valence-electron chi connectivity index (χ2n) is 6.73. The Hall–Kier alpha value is -1.44. The van der Waals surface area contributed by atoms with Gasteiger partial charge in [-0.05, 0) is 20.8 Å². The monoisotopic (exact) mass is 310 g/mol. The van der Waals surface area contributed by atoms with Gasteiger partial charge in [0.05, 0.1) is 24.0 Å². The molecule has 0 aliphatic carbocycles. The summed E-state index contributed by atoms with van der Waals surface area (Å²) in [7, 11) is 0. The van der Waals surface area contributed by atoms with Crippen molar-refractivity contribution < 1.29 is 15.0 Å². The summed E-state index contributed by atoms with van der Waals surface area (Å²) in [4.78, 5) is 15.9. The lowest BCUT2D eigenvalue weighted by Gasteiger charge is -2.35. The Labute approximate surface area is 131 Å². The molecule has 1 saturated heterocycles. The molecule has 2 rings (SSSR count). The first-order chi connectivity index (χ1) is 10.3. The maximum absolute atomic E-state index is 11.4. The first-order valence-electron chi connectivity index (χ1n) is 7.69. The van der Waals surface area contributed by atoms with Gasteiger partial charge >= 0.3 is 5.97 Å². The van der Waals surface area contributed by atoms with Crippen molar-refractivity contribution in [3.8, 4) is 0 Å². The van der Waals surface area contributed by atoms with Gasteiger partial charge in [0.2, 0.25) is 0 Å². The minimum atomic E-state index is -0.926. The van der Waals surface area contributed by atoms with Crippen molar-refractivity contribution in [2.75, 3.05) is 39.3 Å². The number of carboxylic acid groups (broad SMARTS) is 1.